The van der Waals surface area contributed by atoms with Crippen molar-refractivity contribution in [1.29, 1.82) is 0 Å². The van der Waals surface area contributed by atoms with Crippen molar-refractivity contribution in [3.05, 3.63) is 59.7 Å². The van der Waals surface area contributed by atoms with Gasteiger partial charge in [-0.3, -0.25) is 9.59 Å². The van der Waals surface area contributed by atoms with Crippen molar-refractivity contribution >= 4 is 29.7 Å². The Labute approximate surface area is 208 Å². The van der Waals surface area contributed by atoms with Crippen LogP contribution >= 0.6 is 11.8 Å². The van der Waals surface area contributed by atoms with E-state index in [1.54, 1.807) is 11.8 Å². The summed E-state index contributed by atoms with van der Waals surface area (Å²) in [5, 5.41) is 14.6. The zero-order valence-corrected chi connectivity index (χ0v) is 20.4. The lowest BCUT2D eigenvalue weighted by Gasteiger charge is -2.20. The number of rotatable bonds is 10. The number of carbonyl (C=O) groups excluding carboxylic acids is 2. The second-order valence-corrected chi connectivity index (χ2v) is 9.76. The Hall–Kier alpha value is -3.04. The van der Waals surface area contributed by atoms with Crippen molar-refractivity contribution in [2.24, 2.45) is 5.92 Å². The second kappa shape index (κ2) is 11.6. The number of thioether (sulfide) groups is 1. The molecular formula is C26H30N2O6S. The minimum atomic E-state index is -0.895. The van der Waals surface area contributed by atoms with Gasteiger partial charge in [0.05, 0.1) is 18.6 Å². The van der Waals surface area contributed by atoms with Gasteiger partial charge in [-0.15, -0.1) is 0 Å². The van der Waals surface area contributed by atoms with E-state index in [2.05, 4.69) is 34.9 Å². The summed E-state index contributed by atoms with van der Waals surface area (Å²) in [4.78, 5) is 36.5. The van der Waals surface area contributed by atoms with Gasteiger partial charge in [-0.05, 0) is 47.1 Å². The fourth-order valence-electron chi connectivity index (χ4n) is 4.64. The smallest absolute Gasteiger partial charge is 0.407 e. The second-order valence-electron chi connectivity index (χ2n) is 8.78. The molecule has 4 rings (SSSR count). The summed E-state index contributed by atoms with van der Waals surface area (Å²) in [7, 11) is 0. The van der Waals surface area contributed by atoms with Gasteiger partial charge in [-0.1, -0.05) is 48.5 Å². The number of fused-ring (bicyclic) bond motifs is 3. The molecule has 1 saturated heterocycles. The number of carboxylic acid groups (broad SMARTS) is 1. The molecule has 2 aliphatic rings. The first-order valence-electron chi connectivity index (χ1n) is 11.7. The summed E-state index contributed by atoms with van der Waals surface area (Å²) in [6.45, 7) is 0.512. The number of hydrogen-bond acceptors (Lipinski definition) is 6. The van der Waals surface area contributed by atoms with Crippen LogP contribution in [-0.4, -0.2) is 67.0 Å². The van der Waals surface area contributed by atoms with E-state index in [-0.39, 0.29) is 37.7 Å². The van der Waals surface area contributed by atoms with E-state index in [0.717, 1.165) is 22.3 Å². The lowest BCUT2D eigenvalue weighted by Crippen LogP contribution is -2.48. The molecule has 8 nitrogen and oxygen atoms in total. The van der Waals surface area contributed by atoms with Crippen LogP contribution in [0.25, 0.3) is 11.1 Å². The molecule has 2 aromatic rings. The predicted molar refractivity (Wildman–Crippen MR) is 133 cm³/mol. The highest BCUT2D eigenvalue weighted by Crippen LogP contribution is 2.44. The molecule has 3 N–H and O–H groups in total. The molecule has 186 valence electrons. The first-order chi connectivity index (χ1) is 17.0. The van der Waals surface area contributed by atoms with E-state index >= 15 is 0 Å². The molecule has 0 radical (unpaired) electrons. The van der Waals surface area contributed by atoms with E-state index < -0.39 is 24.0 Å². The standard InChI is InChI=1S/C26H30N2O6S/c1-35-11-10-23(24(29)27-13-17-12-16(14-33-17)25(30)31)28-26(32)34-15-22-20-8-4-2-6-18(20)19-7-3-5-9-21(19)22/h2-9,16-17,22-23H,10-15H2,1H3,(H,27,29)(H,28,32)(H,30,31)/t16-,17-,23-/m1/s1. The van der Waals surface area contributed by atoms with Crippen molar-refractivity contribution in [3.8, 4) is 11.1 Å². The molecule has 0 bridgehead atoms. The number of alkyl carbamates (subject to hydrolysis) is 1. The molecule has 1 heterocycles. The number of benzene rings is 2. The molecule has 3 atom stereocenters. The minimum Gasteiger partial charge on any atom is -0.481 e. The highest BCUT2D eigenvalue weighted by Gasteiger charge is 2.32. The Morgan fingerprint density at radius 2 is 1.77 bits per heavy atom. The van der Waals surface area contributed by atoms with Crippen LogP contribution in [0.3, 0.4) is 0 Å². The Morgan fingerprint density at radius 1 is 1.11 bits per heavy atom. The maximum Gasteiger partial charge on any atom is 0.407 e. The summed E-state index contributed by atoms with van der Waals surface area (Å²) in [6.07, 6.45) is 1.73. The van der Waals surface area contributed by atoms with Crippen LogP contribution in [0.5, 0.6) is 0 Å². The molecule has 0 unspecified atom stereocenters. The van der Waals surface area contributed by atoms with Gasteiger partial charge in [-0.2, -0.15) is 11.8 Å². The van der Waals surface area contributed by atoms with Crippen LogP contribution in [0, 0.1) is 5.92 Å². The molecule has 9 heteroatoms. The van der Waals surface area contributed by atoms with E-state index in [4.69, 9.17) is 14.6 Å². The Bertz CT molecular complexity index is 1030. The molecule has 35 heavy (non-hydrogen) atoms. The summed E-state index contributed by atoms with van der Waals surface area (Å²) in [5.41, 5.74) is 4.53. The van der Waals surface area contributed by atoms with E-state index in [0.29, 0.717) is 18.6 Å². The number of aliphatic carboxylic acids is 1. The third kappa shape index (κ3) is 5.97. The van der Waals surface area contributed by atoms with Crippen molar-refractivity contribution < 1.29 is 29.0 Å². The van der Waals surface area contributed by atoms with Crippen molar-refractivity contribution in [3.63, 3.8) is 0 Å². The molecule has 1 aliphatic heterocycles. The van der Waals surface area contributed by atoms with E-state index in [9.17, 15) is 14.4 Å². The molecule has 1 aliphatic carbocycles. The first-order valence-corrected chi connectivity index (χ1v) is 13.1. The summed E-state index contributed by atoms with van der Waals surface area (Å²) in [5.74, 6) is -1.16. The number of ether oxygens (including phenoxy) is 2. The van der Waals surface area contributed by atoms with Crippen LogP contribution in [0.2, 0.25) is 0 Å². The molecule has 2 aromatic carbocycles. The van der Waals surface area contributed by atoms with Gasteiger partial charge in [-0.25, -0.2) is 4.79 Å². The molecule has 0 spiro atoms. The molecular weight excluding hydrogens is 468 g/mol. The lowest BCUT2D eigenvalue weighted by molar-refractivity contribution is -0.141. The highest BCUT2D eigenvalue weighted by molar-refractivity contribution is 7.98. The average molecular weight is 499 g/mol. The number of amides is 2. The summed E-state index contributed by atoms with van der Waals surface area (Å²) in [6, 6.07) is 15.5. The van der Waals surface area contributed by atoms with Crippen molar-refractivity contribution in [2.75, 3.05) is 31.8 Å². The third-order valence-electron chi connectivity index (χ3n) is 6.50. The Kier molecular flexibility index (Phi) is 8.30. The normalized spacial score (nSPS) is 19.5. The van der Waals surface area contributed by atoms with Crippen LogP contribution in [0.15, 0.2) is 48.5 Å². The predicted octanol–water partition coefficient (Wildman–Crippen LogP) is 3.25. The number of hydrogen-bond donors (Lipinski definition) is 3. The van der Waals surface area contributed by atoms with Crippen LogP contribution in [-0.2, 0) is 19.1 Å². The van der Waals surface area contributed by atoms with Crippen molar-refractivity contribution in [2.45, 2.75) is 30.9 Å². The van der Waals surface area contributed by atoms with Crippen LogP contribution in [0.4, 0.5) is 4.79 Å². The molecule has 0 saturated carbocycles. The highest BCUT2D eigenvalue weighted by atomic mass is 32.2. The SMILES string of the molecule is CSCC[C@@H](NC(=O)OCC1c2ccccc2-c2ccccc21)C(=O)NC[C@H]1C[C@@H](C(=O)O)CO1. The Balaban J connectivity index is 1.32. The zero-order chi connectivity index (χ0) is 24.8. The van der Waals surface area contributed by atoms with Gasteiger partial charge in [0.15, 0.2) is 0 Å². The zero-order valence-electron chi connectivity index (χ0n) is 19.6. The minimum absolute atomic E-state index is 0.0617. The number of carboxylic acids is 1. The van der Waals surface area contributed by atoms with E-state index in [1.165, 1.54) is 0 Å². The van der Waals surface area contributed by atoms with Crippen molar-refractivity contribution in [1.82, 2.24) is 10.6 Å². The quantitative estimate of drug-likeness (QED) is 0.461. The van der Waals surface area contributed by atoms with Gasteiger partial charge in [0.25, 0.3) is 0 Å². The average Bonchev–Trinajstić information content (AvgIpc) is 3.47. The largest absolute Gasteiger partial charge is 0.481 e. The van der Waals surface area contributed by atoms with E-state index in [1.807, 2.05) is 30.5 Å². The number of carbonyl (C=O) groups is 3. The van der Waals surface area contributed by atoms with Crippen LogP contribution in [0.1, 0.15) is 29.9 Å². The number of nitrogens with one attached hydrogen (secondary N) is 2. The Morgan fingerprint density at radius 3 is 2.37 bits per heavy atom. The summed E-state index contributed by atoms with van der Waals surface area (Å²) < 4.78 is 11.1. The fraction of sp³-hybridized carbons (Fsp3) is 0.423. The fourth-order valence-corrected chi connectivity index (χ4v) is 5.12. The molecule has 0 aromatic heterocycles. The van der Waals surface area contributed by atoms with Gasteiger partial charge in [0.1, 0.15) is 12.6 Å². The first kappa shape index (κ1) is 25.1. The topological polar surface area (TPSA) is 114 Å². The van der Waals surface area contributed by atoms with Gasteiger partial charge in [0.2, 0.25) is 5.91 Å². The molecule has 1 fully saturated rings. The monoisotopic (exact) mass is 498 g/mol. The maximum absolute atomic E-state index is 12.8. The van der Waals surface area contributed by atoms with Gasteiger partial charge < -0.3 is 25.2 Å². The summed E-state index contributed by atoms with van der Waals surface area (Å²) >= 11 is 1.58. The van der Waals surface area contributed by atoms with Gasteiger partial charge in [0, 0.05) is 12.5 Å². The molecule has 2 amide bonds. The van der Waals surface area contributed by atoms with Gasteiger partial charge >= 0.3 is 12.1 Å². The maximum atomic E-state index is 12.8. The third-order valence-corrected chi connectivity index (χ3v) is 7.14. The lowest BCUT2D eigenvalue weighted by atomic mass is 9.98. The van der Waals surface area contributed by atoms with Crippen LogP contribution < -0.4 is 10.6 Å².